The molecule has 30 heavy (non-hydrogen) atoms. The van der Waals surface area contributed by atoms with Crippen molar-refractivity contribution >= 4 is 28.7 Å². The van der Waals surface area contributed by atoms with Gasteiger partial charge in [-0.1, -0.05) is 30.3 Å². The lowest BCUT2D eigenvalue weighted by atomic mass is 10.1. The van der Waals surface area contributed by atoms with Gasteiger partial charge in [0.05, 0.1) is 11.3 Å². The number of aromatic nitrogens is 2. The molecule has 0 amide bonds. The van der Waals surface area contributed by atoms with Crippen LogP contribution in [0.1, 0.15) is 5.56 Å². The van der Waals surface area contributed by atoms with Gasteiger partial charge in [-0.05, 0) is 24.3 Å². The third-order valence-corrected chi connectivity index (χ3v) is 5.05. The van der Waals surface area contributed by atoms with Crippen LogP contribution in [0.25, 0.3) is 0 Å². The number of halogens is 3. The van der Waals surface area contributed by atoms with Gasteiger partial charge in [-0.2, -0.15) is 13.2 Å². The molecule has 0 radical (unpaired) electrons. The van der Waals surface area contributed by atoms with Crippen LogP contribution in [0.3, 0.4) is 0 Å². The van der Waals surface area contributed by atoms with Crippen LogP contribution >= 0.6 is 0 Å². The second-order valence-corrected chi connectivity index (χ2v) is 6.94. The maximum atomic E-state index is 13.3. The number of benzene rings is 2. The van der Waals surface area contributed by atoms with Crippen LogP contribution in [-0.4, -0.2) is 36.1 Å². The van der Waals surface area contributed by atoms with Crippen LogP contribution in [0, 0.1) is 0 Å². The number of alkyl halides is 3. The fourth-order valence-corrected chi connectivity index (χ4v) is 3.52. The van der Waals surface area contributed by atoms with Crippen molar-refractivity contribution in [2.45, 2.75) is 6.18 Å². The molecular weight excluding hydrogens is 393 g/mol. The first-order valence-electron chi connectivity index (χ1n) is 9.52. The smallest absolute Gasteiger partial charge is 0.393 e. The highest BCUT2D eigenvalue weighted by atomic mass is 19.4. The SMILES string of the molecule is Nc1c(Nc2ccccc2C(F)(F)F)ncnc1N1CCN(c2ccccc2)CC1. The van der Waals surface area contributed by atoms with E-state index in [0.29, 0.717) is 18.9 Å². The maximum Gasteiger partial charge on any atom is 0.418 e. The Morgan fingerprint density at radius 3 is 2.17 bits per heavy atom. The molecule has 2 aromatic carbocycles. The lowest BCUT2D eigenvalue weighted by Gasteiger charge is -2.37. The first-order chi connectivity index (χ1) is 14.4. The topological polar surface area (TPSA) is 70.3 Å². The fourth-order valence-electron chi connectivity index (χ4n) is 3.52. The van der Waals surface area contributed by atoms with Crippen LogP contribution < -0.4 is 20.9 Å². The molecule has 3 N–H and O–H groups in total. The van der Waals surface area contributed by atoms with Crippen molar-refractivity contribution in [1.82, 2.24) is 9.97 Å². The average Bonchev–Trinajstić information content (AvgIpc) is 2.76. The van der Waals surface area contributed by atoms with E-state index in [2.05, 4.69) is 32.3 Å². The van der Waals surface area contributed by atoms with Gasteiger partial charge in [0.15, 0.2) is 11.6 Å². The zero-order valence-electron chi connectivity index (χ0n) is 16.1. The summed E-state index contributed by atoms with van der Waals surface area (Å²) in [6.07, 6.45) is -3.17. The molecule has 0 spiro atoms. The summed E-state index contributed by atoms with van der Waals surface area (Å²) in [6, 6.07) is 15.3. The number of hydrogen-bond acceptors (Lipinski definition) is 6. The van der Waals surface area contributed by atoms with E-state index in [-0.39, 0.29) is 17.2 Å². The van der Waals surface area contributed by atoms with E-state index in [1.807, 2.05) is 23.1 Å². The molecule has 2 heterocycles. The molecule has 0 atom stereocenters. The number of nitrogens with one attached hydrogen (secondary N) is 1. The van der Waals surface area contributed by atoms with Crippen molar-refractivity contribution in [1.29, 1.82) is 0 Å². The molecule has 0 saturated carbocycles. The van der Waals surface area contributed by atoms with Crippen molar-refractivity contribution in [2.75, 3.05) is 47.0 Å². The zero-order valence-corrected chi connectivity index (χ0v) is 16.1. The number of anilines is 5. The van der Waals surface area contributed by atoms with Gasteiger partial charge >= 0.3 is 6.18 Å². The number of nitrogens with zero attached hydrogens (tertiary/aromatic N) is 4. The molecule has 0 bridgehead atoms. The Kier molecular flexibility index (Phi) is 5.35. The van der Waals surface area contributed by atoms with Gasteiger partial charge < -0.3 is 20.9 Å². The van der Waals surface area contributed by atoms with E-state index < -0.39 is 11.7 Å². The van der Waals surface area contributed by atoms with Crippen LogP contribution in [0.4, 0.5) is 41.9 Å². The van der Waals surface area contributed by atoms with Gasteiger partial charge in [-0.25, -0.2) is 9.97 Å². The monoisotopic (exact) mass is 414 g/mol. The number of rotatable bonds is 4. The molecule has 6 nitrogen and oxygen atoms in total. The van der Waals surface area contributed by atoms with Crippen molar-refractivity contribution in [3.05, 3.63) is 66.5 Å². The highest BCUT2D eigenvalue weighted by Gasteiger charge is 2.33. The lowest BCUT2D eigenvalue weighted by molar-refractivity contribution is -0.136. The second-order valence-electron chi connectivity index (χ2n) is 6.94. The summed E-state index contributed by atoms with van der Waals surface area (Å²) in [5, 5.41) is 2.73. The van der Waals surface area contributed by atoms with E-state index in [1.54, 1.807) is 0 Å². The van der Waals surface area contributed by atoms with Crippen molar-refractivity contribution < 1.29 is 13.2 Å². The Balaban J connectivity index is 1.52. The van der Waals surface area contributed by atoms with Crippen LogP contribution in [0.5, 0.6) is 0 Å². The second kappa shape index (κ2) is 8.10. The Labute approximate surface area is 172 Å². The number of para-hydroxylation sites is 2. The van der Waals surface area contributed by atoms with Gasteiger partial charge in [-0.3, -0.25) is 0 Å². The van der Waals surface area contributed by atoms with Gasteiger partial charge in [0.2, 0.25) is 0 Å². The van der Waals surface area contributed by atoms with Gasteiger partial charge in [0.25, 0.3) is 0 Å². The standard InChI is InChI=1S/C21H21F3N6/c22-21(23,24)16-8-4-5-9-17(16)28-19-18(25)20(27-14-26-19)30-12-10-29(11-13-30)15-6-2-1-3-7-15/h1-9,14H,10-13,25H2,(H,26,27,28). The molecular formula is C21H21F3N6. The quantitative estimate of drug-likeness (QED) is 0.669. The maximum absolute atomic E-state index is 13.3. The molecule has 1 saturated heterocycles. The molecule has 3 aromatic rings. The Morgan fingerprint density at radius 2 is 1.47 bits per heavy atom. The van der Waals surface area contributed by atoms with E-state index in [4.69, 9.17) is 5.73 Å². The molecule has 4 rings (SSSR count). The molecule has 1 aliphatic rings. The van der Waals surface area contributed by atoms with Crippen molar-refractivity contribution in [3.63, 3.8) is 0 Å². The largest absolute Gasteiger partial charge is 0.418 e. The summed E-state index contributed by atoms with van der Waals surface area (Å²) >= 11 is 0. The van der Waals surface area contributed by atoms with E-state index in [0.717, 1.165) is 24.8 Å². The van der Waals surface area contributed by atoms with Crippen LogP contribution in [-0.2, 0) is 6.18 Å². The number of nitrogens with two attached hydrogens (primary N) is 1. The highest BCUT2D eigenvalue weighted by Crippen LogP contribution is 2.37. The Morgan fingerprint density at radius 1 is 0.833 bits per heavy atom. The van der Waals surface area contributed by atoms with Crippen molar-refractivity contribution in [2.24, 2.45) is 0 Å². The summed E-state index contributed by atoms with van der Waals surface area (Å²) in [4.78, 5) is 12.6. The number of piperazine rings is 1. The predicted octanol–water partition coefficient (Wildman–Crippen LogP) is 4.15. The number of nitrogen functional groups attached to an aromatic ring is 1. The molecule has 1 aliphatic heterocycles. The normalized spacial score (nSPS) is 14.6. The Bertz CT molecular complexity index is 1000. The molecule has 0 aliphatic carbocycles. The van der Waals surface area contributed by atoms with Gasteiger partial charge in [-0.15, -0.1) is 0 Å². The molecule has 0 unspecified atom stereocenters. The van der Waals surface area contributed by atoms with Crippen LogP contribution in [0.2, 0.25) is 0 Å². The van der Waals surface area contributed by atoms with E-state index in [9.17, 15) is 13.2 Å². The number of hydrogen-bond donors (Lipinski definition) is 2. The van der Waals surface area contributed by atoms with Crippen molar-refractivity contribution in [3.8, 4) is 0 Å². The predicted molar refractivity (Wildman–Crippen MR) is 112 cm³/mol. The summed E-state index contributed by atoms with van der Waals surface area (Å²) in [5.74, 6) is 0.673. The molecule has 1 fully saturated rings. The third-order valence-electron chi connectivity index (χ3n) is 5.05. The fraction of sp³-hybridized carbons (Fsp3) is 0.238. The molecule has 1 aromatic heterocycles. The van der Waals surface area contributed by atoms with E-state index >= 15 is 0 Å². The summed E-state index contributed by atoms with van der Waals surface area (Å²) in [6.45, 7) is 2.95. The zero-order chi connectivity index (χ0) is 21.1. The Hall–Kier alpha value is -3.49. The highest BCUT2D eigenvalue weighted by molar-refractivity contribution is 5.79. The average molecular weight is 414 g/mol. The van der Waals surface area contributed by atoms with Crippen LogP contribution in [0.15, 0.2) is 60.9 Å². The minimum atomic E-state index is -4.48. The molecule has 9 heteroatoms. The lowest BCUT2D eigenvalue weighted by Crippen LogP contribution is -2.47. The first kappa shape index (κ1) is 19.8. The third kappa shape index (κ3) is 4.10. The summed E-state index contributed by atoms with van der Waals surface area (Å²) in [7, 11) is 0. The minimum absolute atomic E-state index is 0.102. The molecule has 156 valence electrons. The van der Waals surface area contributed by atoms with Gasteiger partial charge in [0, 0.05) is 31.9 Å². The summed E-state index contributed by atoms with van der Waals surface area (Å²) in [5.41, 5.74) is 6.74. The summed E-state index contributed by atoms with van der Waals surface area (Å²) < 4.78 is 39.8. The van der Waals surface area contributed by atoms with Gasteiger partial charge in [0.1, 0.15) is 12.0 Å². The minimum Gasteiger partial charge on any atom is -0.393 e. The van der Waals surface area contributed by atoms with E-state index in [1.165, 1.54) is 24.5 Å². The first-order valence-corrected chi connectivity index (χ1v) is 9.52.